The highest BCUT2D eigenvalue weighted by Crippen LogP contribution is 2.35. The van der Waals surface area contributed by atoms with Crippen LogP contribution in [-0.2, 0) is 15.4 Å². The van der Waals surface area contributed by atoms with Gasteiger partial charge in [-0.05, 0) is 36.6 Å². The number of rotatable bonds is 4. The summed E-state index contributed by atoms with van der Waals surface area (Å²) in [5.74, 6) is 0.0820. The Kier molecular flexibility index (Phi) is 5.26. The van der Waals surface area contributed by atoms with E-state index in [2.05, 4.69) is 19.1 Å². The van der Waals surface area contributed by atoms with Crippen molar-refractivity contribution in [2.75, 3.05) is 20.2 Å². The van der Waals surface area contributed by atoms with E-state index in [-0.39, 0.29) is 21.8 Å². The topological polar surface area (TPSA) is 89.7 Å². The van der Waals surface area contributed by atoms with Crippen LogP contribution < -0.4 is 9.88 Å². The number of nitrogens with two attached hydrogens (primary N) is 1. The van der Waals surface area contributed by atoms with Gasteiger partial charge >= 0.3 is 0 Å². The number of hydrogen-bond donors (Lipinski definition) is 1. The molecular formula is C20H24N2O4S. The molecule has 1 fully saturated rings. The Morgan fingerprint density at radius 3 is 2.52 bits per heavy atom. The van der Waals surface area contributed by atoms with Gasteiger partial charge in [0.15, 0.2) is 0 Å². The number of primary sulfonamides is 1. The average molecular weight is 388 g/mol. The number of carbonyl (C=O) groups excluding carboxylic acids is 1. The van der Waals surface area contributed by atoms with Crippen LogP contribution in [0.5, 0.6) is 5.75 Å². The molecule has 1 amide bonds. The molecule has 0 bridgehead atoms. The van der Waals surface area contributed by atoms with Crippen LogP contribution in [0.15, 0.2) is 53.4 Å². The molecule has 0 unspecified atom stereocenters. The van der Waals surface area contributed by atoms with E-state index in [1.807, 2.05) is 18.2 Å². The number of nitrogens with zero attached hydrogens (tertiary/aromatic N) is 1. The molecule has 2 N–H and O–H groups in total. The number of hydrogen-bond acceptors (Lipinski definition) is 4. The molecule has 1 saturated heterocycles. The third-order valence-corrected chi connectivity index (χ3v) is 6.10. The molecule has 27 heavy (non-hydrogen) atoms. The fourth-order valence-corrected chi connectivity index (χ4v) is 4.23. The smallest absolute Gasteiger partial charge is 0.257 e. The molecule has 3 rings (SSSR count). The lowest BCUT2D eigenvalue weighted by molar-refractivity contribution is 0.0647. The summed E-state index contributed by atoms with van der Waals surface area (Å²) in [6.07, 6.45) is 1.85. The maximum absolute atomic E-state index is 13.2. The van der Waals surface area contributed by atoms with Gasteiger partial charge in [0.2, 0.25) is 10.0 Å². The monoisotopic (exact) mass is 388 g/mol. The molecule has 0 radical (unpaired) electrons. The minimum Gasteiger partial charge on any atom is -0.496 e. The van der Waals surface area contributed by atoms with Crippen molar-refractivity contribution in [3.8, 4) is 5.75 Å². The Balaban J connectivity index is 1.94. The molecule has 6 nitrogen and oxygen atoms in total. The van der Waals surface area contributed by atoms with Gasteiger partial charge in [0.25, 0.3) is 5.91 Å². The van der Waals surface area contributed by atoms with Crippen LogP contribution >= 0.6 is 0 Å². The molecule has 1 atom stereocenters. The number of ether oxygens (including phenoxy) is 1. The highest BCUT2D eigenvalue weighted by atomic mass is 32.2. The second kappa shape index (κ2) is 7.32. The van der Waals surface area contributed by atoms with Crippen LogP contribution in [0.4, 0.5) is 0 Å². The van der Waals surface area contributed by atoms with Crippen molar-refractivity contribution < 1.29 is 17.9 Å². The average Bonchev–Trinajstić information content (AvgIpc) is 2.67. The van der Waals surface area contributed by atoms with Crippen LogP contribution in [0, 0.1) is 0 Å². The Bertz CT molecular complexity index is 944. The highest BCUT2D eigenvalue weighted by Gasteiger charge is 2.35. The zero-order valence-corrected chi connectivity index (χ0v) is 16.3. The van der Waals surface area contributed by atoms with E-state index in [0.29, 0.717) is 18.8 Å². The maximum Gasteiger partial charge on any atom is 0.257 e. The zero-order chi connectivity index (χ0) is 19.7. The van der Waals surface area contributed by atoms with E-state index in [1.165, 1.54) is 30.9 Å². The van der Waals surface area contributed by atoms with E-state index in [0.717, 1.165) is 12.8 Å². The quantitative estimate of drug-likeness (QED) is 0.871. The predicted molar refractivity (Wildman–Crippen MR) is 103 cm³/mol. The van der Waals surface area contributed by atoms with Crippen molar-refractivity contribution in [3.63, 3.8) is 0 Å². The molecular weight excluding hydrogens is 364 g/mol. The molecule has 1 aliphatic rings. The van der Waals surface area contributed by atoms with Crippen LogP contribution in [0.2, 0.25) is 0 Å². The van der Waals surface area contributed by atoms with E-state index in [9.17, 15) is 13.2 Å². The van der Waals surface area contributed by atoms with Crippen molar-refractivity contribution in [1.82, 2.24) is 4.90 Å². The standard InChI is InChI=1S/C20H24N2O4S/c1-20(15-7-4-3-5-8-15)11-6-12-22(14-20)19(23)17-13-16(27(21,24)25)9-10-18(17)26-2/h3-5,7-10,13H,6,11-12,14H2,1-2H3,(H2,21,24,25)/t20-/m1/s1. The van der Waals surface area contributed by atoms with Gasteiger partial charge in [-0.2, -0.15) is 0 Å². The van der Waals surface area contributed by atoms with Crippen molar-refractivity contribution in [2.45, 2.75) is 30.1 Å². The highest BCUT2D eigenvalue weighted by molar-refractivity contribution is 7.89. The summed E-state index contributed by atoms with van der Waals surface area (Å²) in [7, 11) is -2.46. The molecule has 0 aromatic heterocycles. The van der Waals surface area contributed by atoms with Gasteiger partial charge < -0.3 is 9.64 Å². The lowest BCUT2D eigenvalue weighted by Gasteiger charge is -2.41. The van der Waals surface area contributed by atoms with Gasteiger partial charge in [-0.25, -0.2) is 13.6 Å². The van der Waals surface area contributed by atoms with Crippen LogP contribution in [0.1, 0.15) is 35.7 Å². The van der Waals surface area contributed by atoms with Gasteiger partial charge in [-0.1, -0.05) is 37.3 Å². The first-order chi connectivity index (χ1) is 12.7. The van der Waals surface area contributed by atoms with Gasteiger partial charge in [0, 0.05) is 18.5 Å². The zero-order valence-electron chi connectivity index (χ0n) is 15.5. The van der Waals surface area contributed by atoms with Crippen LogP contribution in [-0.4, -0.2) is 39.4 Å². The first-order valence-corrected chi connectivity index (χ1v) is 10.3. The summed E-state index contributed by atoms with van der Waals surface area (Å²) >= 11 is 0. The molecule has 0 saturated carbocycles. The normalized spacial score (nSPS) is 20.3. The lowest BCUT2D eigenvalue weighted by atomic mass is 9.76. The van der Waals surface area contributed by atoms with Gasteiger partial charge in [0.1, 0.15) is 5.75 Å². The summed E-state index contributed by atoms with van der Waals surface area (Å²) in [5.41, 5.74) is 1.24. The summed E-state index contributed by atoms with van der Waals surface area (Å²) < 4.78 is 28.6. The Morgan fingerprint density at radius 2 is 1.89 bits per heavy atom. The predicted octanol–water partition coefficient (Wildman–Crippen LogP) is 2.54. The number of methoxy groups -OCH3 is 1. The Labute approximate surface area is 160 Å². The van der Waals surface area contributed by atoms with E-state index >= 15 is 0 Å². The number of likely N-dealkylation sites (tertiary alicyclic amines) is 1. The second-order valence-electron chi connectivity index (χ2n) is 7.16. The fraction of sp³-hybridized carbons (Fsp3) is 0.350. The number of amides is 1. The van der Waals surface area contributed by atoms with Gasteiger partial charge in [-0.3, -0.25) is 4.79 Å². The molecule has 2 aromatic rings. The first-order valence-electron chi connectivity index (χ1n) is 8.80. The summed E-state index contributed by atoms with van der Waals surface area (Å²) in [4.78, 5) is 14.9. The summed E-state index contributed by atoms with van der Waals surface area (Å²) in [6.45, 7) is 3.32. The minimum absolute atomic E-state index is 0.102. The first kappa shape index (κ1) is 19.4. The molecule has 0 aliphatic carbocycles. The van der Waals surface area contributed by atoms with E-state index < -0.39 is 10.0 Å². The van der Waals surface area contributed by atoms with Crippen molar-refractivity contribution in [1.29, 1.82) is 0 Å². The number of sulfonamides is 1. The van der Waals surface area contributed by atoms with Crippen LogP contribution in [0.25, 0.3) is 0 Å². The SMILES string of the molecule is COc1ccc(S(N)(=O)=O)cc1C(=O)N1CCC[C@@](C)(c2ccccc2)C1. The van der Waals surface area contributed by atoms with Crippen molar-refractivity contribution in [3.05, 3.63) is 59.7 Å². The lowest BCUT2D eigenvalue weighted by Crippen LogP contribution is -2.47. The number of piperidine rings is 1. The van der Waals surface area contributed by atoms with Crippen molar-refractivity contribution >= 4 is 15.9 Å². The third-order valence-electron chi connectivity index (χ3n) is 5.18. The van der Waals surface area contributed by atoms with Gasteiger partial charge in [-0.15, -0.1) is 0 Å². The van der Waals surface area contributed by atoms with Gasteiger partial charge in [0.05, 0.1) is 17.6 Å². The molecule has 7 heteroatoms. The largest absolute Gasteiger partial charge is 0.496 e. The molecule has 2 aromatic carbocycles. The third kappa shape index (κ3) is 3.99. The number of carbonyl (C=O) groups is 1. The van der Waals surface area contributed by atoms with Crippen molar-refractivity contribution in [2.24, 2.45) is 5.14 Å². The molecule has 1 aliphatic heterocycles. The fourth-order valence-electron chi connectivity index (χ4n) is 3.69. The van der Waals surface area contributed by atoms with E-state index in [4.69, 9.17) is 9.88 Å². The summed E-state index contributed by atoms with van der Waals surface area (Å²) in [6, 6.07) is 14.2. The minimum atomic E-state index is -3.91. The summed E-state index contributed by atoms with van der Waals surface area (Å²) in [5, 5.41) is 5.22. The molecule has 0 spiro atoms. The Morgan fingerprint density at radius 1 is 1.19 bits per heavy atom. The Hall–Kier alpha value is -2.38. The van der Waals surface area contributed by atoms with Crippen LogP contribution in [0.3, 0.4) is 0 Å². The molecule has 144 valence electrons. The van der Waals surface area contributed by atoms with E-state index in [1.54, 1.807) is 4.90 Å². The molecule has 1 heterocycles. The maximum atomic E-state index is 13.2. The second-order valence-corrected chi connectivity index (χ2v) is 8.73. The number of benzene rings is 2.